The number of rotatable bonds is 5. The Bertz CT molecular complexity index is 553. The molecule has 0 aliphatic heterocycles. The van der Waals surface area contributed by atoms with Gasteiger partial charge in [0.25, 0.3) is 0 Å². The highest BCUT2D eigenvalue weighted by Crippen LogP contribution is 2.30. The molecule has 0 spiro atoms. The molecular formula is C14H16ClNO3. The predicted molar refractivity (Wildman–Crippen MR) is 73.5 cm³/mol. The van der Waals surface area contributed by atoms with Gasteiger partial charge in [-0.2, -0.15) is 0 Å². The average Bonchev–Trinajstić information content (AvgIpc) is 2.90. The van der Waals surface area contributed by atoms with Crippen molar-refractivity contribution in [2.24, 2.45) is 0 Å². The molecule has 0 radical (unpaired) electrons. The van der Waals surface area contributed by atoms with Crippen LogP contribution in [0.4, 0.5) is 0 Å². The van der Waals surface area contributed by atoms with Crippen molar-refractivity contribution < 1.29 is 13.9 Å². The molecule has 2 aromatic rings. The Balaban J connectivity index is 2.42. The second-order valence-electron chi connectivity index (χ2n) is 3.96. The Morgan fingerprint density at radius 3 is 2.79 bits per heavy atom. The van der Waals surface area contributed by atoms with Crippen LogP contribution in [0.15, 0.2) is 28.7 Å². The van der Waals surface area contributed by atoms with Gasteiger partial charge in [0.1, 0.15) is 17.2 Å². The largest absolute Gasteiger partial charge is 0.497 e. The Hall–Kier alpha value is -1.52. The molecule has 0 N–H and O–H groups in total. The molecule has 1 aromatic heterocycles. The molecule has 0 bridgehead atoms. The van der Waals surface area contributed by atoms with Gasteiger partial charge in [-0.3, -0.25) is 0 Å². The molecule has 0 saturated carbocycles. The topological polar surface area (TPSA) is 44.5 Å². The van der Waals surface area contributed by atoms with Gasteiger partial charge < -0.3 is 13.9 Å². The van der Waals surface area contributed by atoms with E-state index >= 15 is 0 Å². The van der Waals surface area contributed by atoms with E-state index in [1.54, 1.807) is 7.11 Å². The van der Waals surface area contributed by atoms with Gasteiger partial charge in [-0.1, -0.05) is 24.6 Å². The lowest BCUT2D eigenvalue weighted by Crippen LogP contribution is -1.97. The second kappa shape index (κ2) is 6.08. The van der Waals surface area contributed by atoms with Crippen molar-refractivity contribution in [2.45, 2.75) is 18.9 Å². The highest BCUT2D eigenvalue weighted by atomic mass is 35.5. The van der Waals surface area contributed by atoms with Crippen LogP contribution in [-0.2, 0) is 11.2 Å². The van der Waals surface area contributed by atoms with E-state index < -0.39 is 5.56 Å². The Morgan fingerprint density at radius 1 is 1.37 bits per heavy atom. The highest BCUT2D eigenvalue weighted by molar-refractivity contribution is 6.19. The minimum absolute atomic E-state index is 0.522. The van der Waals surface area contributed by atoms with Crippen LogP contribution in [0.25, 0.3) is 11.5 Å². The number of methoxy groups -OCH3 is 2. The zero-order valence-corrected chi connectivity index (χ0v) is 11.9. The molecule has 1 atom stereocenters. The second-order valence-corrected chi connectivity index (χ2v) is 4.36. The number of oxazole rings is 1. The SMILES string of the molecule is CCc1oc(-c2cccc(OC)c2)nc1C(Cl)OC. The van der Waals surface area contributed by atoms with Crippen LogP contribution in [0.5, 0.6) is 5.75 Å². The summed E-state index contributed by atoms with van der Waals surface area (Å²) >= 11 is 6.06. The summed E-state index contributed by atoms with van der Waals surface area (Å²) in [6.07, 6.45) is 0.707. The summed E-state index contributed by atoms with van der Waals surface area (Å²) in [5.41, 5.74) is 0.878. The smallest absolute Gasteiger partial charge is 0.226 e. The van der Waals surface area contributed by atoms with Gasteiger partial charge in [0, 0.05) is 19.1 Å². The standard InChI is InChI=1S/C14H16ClNO3/c1-4-11-12(13(15)18-3)16-14(19-11)9-6-5-7-10(8-9)17-2/h5-8,13H,4H2,1-3H3. The third-order valence-electron chi connectivity index (χ3n) is 2.79. The van der Waals surface area contributed by atoms with E-state index in [4.69, 9.17) is 25.5 Å². The normalized spacial score (nSPS) is 12.4. The van der Waals surface area contributed by atoms with Crippen molar-refractivity contribution in [3.05, 3.63) is 35.7 Å². The molecule has 102 valence electrons. The number of alkyl halides is 1. The van der Waals surface area contributed by atoms with Gasteiger partial charge in [0.05, 0.1) is 7.11 Å². The molecule has 5 heteroatoms. The monoisotopic (exact) mass is 281 g/mol. The van der Waals surface area contributed by atoms with E-state index in [1.807, 2.05) is 31.2 Å². The minimum Gasteiger partial charge on any atom is -0.497 e. The fourth-order valence-electron chi connectivity index (χ4n) is 1.79. The van der Waals surface area contributed by atoms with Gasteiger partial charge in [0.2, 0.25) is 5.89 Å². The number of aryl methyl sites for hydroxylation is 1. The number of hydrogen-bond acceptors (Lipinski definition) is 4. The quantitative estimate of drug-likeness (QED) is 0.782. The molecule has 0 fully saturated rings. The van der Waals surface area contributed by atoms with Crippen molar-refractivity contribution in [3.63, 3.8) is 0 Å². The number of hydrogen-bond donors (Lipinski definition) is 0. The van der Waals surface area contributed by atoms with Crippen molar-refractivity contribution in [2.75, 3.05) is 14.2 Å². The first-order valence-corrected chi connectivity index (χ1v) is 6.44. The predicted octanol–water partition coefficient (Wildman–Crippen LogP) is 3.80. The maximum atomic E-state index is 6.06. The molecule has 4 nitrogen and oxygen atoms in total. The molecule has 1 unspecified atom stereocenters. The maximum absolute atomic E-state index is 6.06. The first-order valence-electron chi connectivity index (χ1n) is 6.00. The fourth-order valence-corrected chi connectivity index (χ4v) is 1.96. The van der Waals surface area contributed by atoms with Gasteiger partial charge in [-0.05, 0) is 18.2 Å². The Labute approximate surface area is 117 Å². The molecule has 1 heterocycles. The molecule has 0 saturated heterocycles. The molecule has 2 rings (SSSR count). The zero-order chi connectivity index (χ0) is 13.8. The molecule has 19 heavy (non-hydrogen) atoms. The summed E-state index contributed by atoms with van der Waals surface area (Å²) in [6.45, 7) is 1.98. The van der Waals surface area contributed by atoms with Crippen LogP contribution in [0.3, 0.4) is 0 Å². The number of nitrogens with zero attached hydrogens (tertiary/aromatic N) is 1. The molecule has 0 amide bonds. The third kappa shape index (κ3) is 2.91. The van der Waals surface area contributed by atoms with Crippen molar-refractivity contribution in [1.29, 1.82) is 0 Å². The van der Waals surface area contributed by atoms with Crippen LogP contribution in [-0.4, -0.2) is 19.2 Å². The Morgan fingerprint density at radius 2 is 2.16 bits per heavy atom. The molecular weight excluding hydrogens is 266 g/mol. The number of aromatic nitrogens is 1. The highest BCUT2D eigenvalue weighted by Gasteiger charge is 2.20. The third-order valence-corrected chi connectivity index (χ3v) is 3.17. The zero-order valence-electron chi connectivity index (χ0n) is 11.1. The van der Waals surface area contributed by atoms with Crippen LogP contribution in [0.2, 0.25) is 0 Å². The van der Waals surface area contributed by atoms with Gasteiger partial charge in [-0.25, -0.2) is 4.98 Å². The van der Waals surface area contributed by atoms with Crippen LogP contribution in [0.1, 0.15) is 23.9 Å². The van der Waals surface area contributed by atoms with Gasteiger partial charge in [0.15, 0.2) is 5.56 Å². The van der Waals surface area contributed by atoms with E-state index in [2.05, 4.69) is 4.98 Å². The maximum Gasteiger partial charge on any atom is 0.226 e. The molecule has 0 aliphatic rings. The van der Waals surface area contributed by atoms with E-state index in [-0.39, 0.29) is 0 Å². The number of halogens is 1. The average molecular weight is 282 g/mol. The summed E-state index contributed by atoms with van der Waals surface area (Å²) in [5.74, 6) is 2.01. The molecule has 1 aromatic carbocycles. The summed E-state index contributed by atoms with van der Waals surface area (Å²) in [5, 5.41) is 0. The van der Waals surface area contributed by atoms with Crippen LogP contribution >= 0.6 is 11.6 Å². The van der Waals surface area contributed by atoms with E-state index in [1.165, 1.54) is 7.11 Å². The minimum atomic E-state index is -0.599. The van der Waals surface area contributed by atoms with E-state index in [9.17, 15) is 0 Å². The van der Waals surface area contributed by atoms with Crippen molar-refractivity contribution in [3.8, 4) is 17.2 Å². The lowest BCUT2D eigenvalue weighted by molar-refractivity contribution is 0.165. The van der Waals surface area contributed by atoms with Gasteiger partial charge >= 0.3 is 0 Å². The van der Waals surface area contributed by atoms with E-state index in [0.29, 0.717) is 18.0 Å². The lowest BCUT2D eigenvalue weighted by Gasteiger charge is -2.03. The summed E-state index contributed by atoms with van der Waals surface area (Å²) in [4.78, 5) is 4.42. The lowest BCUT2D eigenvalue weighted by atomic mass is 10.2. The first kappa shape index (κ1) is 13.9. The summed E-state index contributed by atoms with van der Waals surface area (Å²) in [7, 11) is 3.16. The van der Waals surface area contributed by atoms with Crippen LogP contribution in [0, 0.1) is 0 Å². The van der Waals surface area contributed by atoms with Gasteiger partial charge in [-0.15, -0.1) is 0 Å². The Kier molecular flexibility index (Phi) is 4.45. The van der Waals surface area contributed by atoms with Crippen molar-refractivity contribution in [1.82, 2.24) is 4.98 Å². The summed E-state index contributed by atoms with van der Waals surface area (Å²) in [6, 6.07) is 7.53. The van der Waals surface area contributed by atoms with Crippen molar-refractivity contribution >= 4 is 11.6 Å². The first-order chi connectivity index (χ1) is 9.19. The van der Waals surface area contributed by atoms with Crippen LogP contribution < -0.4 is 4.74 Å². The van der Waals surface area contributed by atoms with E-state index in [0.717, 1.165) is 17.1 Å². The summed E-state index contributed by atoms with van der Waals surface area (Å²) < 4.78 is 16.0. The number of benzene rings is 1. The fraction of sp³-hybridized carbons (Fsp3) is 0.357. The molecule has 0 aliphatic carbocycles. The number of ether oxygens (including phenoxy) is 2.